The Morgan fingerprint density at radius 1 is 1.17 bits per heavy atom. The van der Waals surface area contributed by atoms with Gasteiger partial charge in [0.1, 0.15) is 11.6 Å². The van der Waals surface area contributed by atoms with E-state index in [9.17, 15) is 4.79 Å². The van der Waals surface area contributed by atoms with Gasteiger partial charge in [-0.15, -0.1) is 0 Å². The maximum atomic E-state index is 12.2. The lowest BCUT2D eigenvalue weighted by Crippen LogP contribution is -2.36. The van der Waals surface area contributed by atoms with Crippen LogP contribution in [0.2, 0.25) is 0 Å². The number of hydrogen-bond donors (Lipinski definition) is 0. The summed E-state index contributed by atoms with van der Waals surface area (Å²) in [5, 5.41) is 9.12. The quantitative estimate of drug-likeness (QED) is 0.589. The van der Waals surface area contributed by atoms with Gasteiger partial charge in [-0.05, 0) is 30.9 Å². The average molecular weight is 240 g/mol. The largest absolute Gasteiger partial charge is 0.338 e. The molecule has 0 bridgehead atoms. The summed E-state index contributed by atoms with van der Waals surface area (Å²) < 4.78 is 0. The Bertz CT molecular complexity index is 479. The number of nitriles is 1. The van der Waals surface area contributed by atoms with Gasteiger partial charge in [0.15, 0.2) is 0 Å². The fraction of sp³-hybridized carbons (Fsp3) is 0.333. The Balaban J connectivity index is 2.16. The van der Waals surface area contributed by atoms with Crippen molar-refractivity contribution in [2.24, 2.45) is 0 Å². The van der Waals surface area contributed by atoms with Crippen LogP contribution in [0.15, 0.2) is 35.9 Å². The lowest BCUT2D eigenvalue weighted by Gasteiger charge is -2.26. The number of rotatable bonds is 2. The predicted octanol–water partition coefficient (Wildman–Crippen LogP) is 2.61. The summed E-state index contributed by atoms with van der Waals surface area (Å²) in [5.41, 5.74) is 1.11. The Morgan fingerprint density at radius 2 is 1.83 bits per heavy atom. The molecule has 0 spiro atoms. The van der Waals surface area contributed by atoms with Gasteiger partial charge in [-0.25, -0.2) is 0 Å². The molecule has 0 atom stereocenters. The molecule has 1 aliphatic heterocycles. The molecule has 1 fully saturated rings. The first-order chi connectivity index (χ1) is 8.81. The molecule has 0 N–H and O–H groups in total. The van der Waals surface area contributed by atoms with Crippen LogP contribution in [0.5, 0.6) is 0 Å². The van der Waals surface area contributed by atoms with Crippen LogP contribution < -0.4 is 0 Å². The SMILES string of the molecule is N#CC(=Cc1ccccc1)C(=O)N1CCCCC1. The van der Waals surface area contributed by atoms with Crippen molar-refractivity contribution in [1.29, 1.82) is 5.26 Å². The Kier molecular flexibility index (Phi) is 4.14. The van der Waals surface area contributed by atoms with Gasteiger partial charge in [-0.2, -0.15) is 5.26 Å². The molecular formula is C15H16N2O. The van der Waals surface area contributed by atoms with Crippen molar-refractivity contribution in [3.05, 3.63) is 41.5 Å². The van der Waals surface area contributed by atoms with Crippen LogP contribution in [0.4, 0.5) is 0 Å². The molecule has 0 saturated carbocycles. The van der Waals surface area contributed by atoms with Crippen molar-refractivity contribution in [3.8, 4) is 6.07 Å². The first kappa shape index (κ1) is 12.4. The van der Waals surface area contributed by atoms with Crippen LogP contribution >= 0.6 is 0 Å². The third-order valence-electron chi connectivity index (χ3n) is 3.10. The molecule has 1 heterocycles. The van der Waals surface area contributed by atoms with Crippen molar-refractivity contribution < 1.29 is 4.79 Å². The number of amides is 1. The van der Waals surface area contributed by atoms with E-state index in [1.165, 1.54) is 6.42 Å². The van der Waals surface area contributed by atoms with E-state index in [1.54, 1.807) is 11.0 Å². The van der Waals surface area contributed by atoms with Crippen LogP contribution in [0.3, 0.4) is 0 Å². The minimum atomic E-state index is -0.138. The Morgan fingerprint density at radius 3 is 2.44 bits per heavy atom. The molecule has 0 aliphatic carbocycles. The predicted molar refractivity (Wildman–Crippen MR) is 70.5 cm³/mol. The summed E-state index contributed by atoms with van der Waals surface area (Å²) in [6, 6.07) is 11.5. The summed E-state index contributed by atoms with van der Waals surface area (Å²) in [6.07, 6.45) is 4.91. The van der Waals surface area contributed by atoms with E-state index in [4.69, 9.17) is 5.26 Å². The standard InChI is InChI=1S/C15H16N2O/c16-12-14(11-13-7-3-1-4-8-13)15(18)17-9-5-2-6-10-17/h1,3-4,7-8,11H,2,5-6,9-10H2. The number of carbonyl (C=O) groups is 1. The molecule has 1 amide bonds. The second-order valence-corrected chi connectivity index (χ2v) is 4.43. The molecule has 18 heavy (non-hydrogen) atoms. The highest BCUT2D eigenvalue weighted by Crippen LogP contribution is 2.14. The van der Waals surface area contributed by atoms with E-state index in [1.807, 2.05) is 36.4 Å². The van der Waals surface area contributed by atoms with E-state index in [0.717, 1.165) is 31.5 Å². The summed E-state index contributed by atoms with van der Waals surface area (Å²) in [5.74, 6) is -0.138. The smallest absolute Gasteiger partial charge is 0.264 e. The Hall–Kier alpha value is -2.08. The highest BCUT2D eigenvalue weighted by molar-refractivity contribution is 6.01. The van der Waals surface area contributed by atoms with E-state index in [2.05, 4.69) is 0 Å². The van der Waals surface area contributed by atoms with Gasteiger partial charge >= 0.3 is 0 Å². The molecule has 1 aromatic carbocycles. The molecule has 92 valence electrons. The number of nitrogens with zero attached hydrogens (tertiary/aromatic N) is 2. The molecule has 0 radical (unpaired) electrons. The van der Waals surface area contributed by atoms with Gasteiger partial charge in [0.05, 0.1) is 0 Å². The molecule has 3 heteroatoms. The van der Waals surface area contributed by atoms with Crippen molar-refractivity contribution >= 4 is 12.0 Å². The summed E-state index contributed by atoms with van der Waals surface area (Å²) in [7, 11) is 0. The summed E-state index contributed by atoms with van der Waals surface area (Å²) in [6.45, 7) is 1.54. The van der Waals surface area contributed by atoms with Crippen molar-refractivity contribution in [1.82, 2.24) is 4.90 Å². The molecule has 1 saturated heterocycles. The molecule has 0 unspecified atom stereocenters. The highest BCUT2D eigenvalue weighted by Gasteiger charge is 2.19. The lowest BCUT2D eigenvalue weighted by molar-refractivity contribution is -0.127. The topological polar surface area (TPSA) is 44.1 Å². The van der Waals surface area contributed by atoms with Gasteiger partial charge in [0.25, 0.3) is 5.91 Å². The van der Waals surface area contributed by atoms with Crippen molar-refractivity contribution in [3.63, 3.8) is 0 Å². The molecule has 2 rings (SSSR count). The van der Waals surface area contributed by atoms with E-state index in [0.29, 0.717) is 0 Å². The number of benzene rings is 1. The lowest BCUT2D eigenvalue weighted by atomic mass is 10.1. The minimum Gasteiger partial charge on any atom is -0.338 e. The molecular weight excluding hydrogens is 224 g/mol. The summed E-state index contributed by atoms with van der Waals surface area (Å²) in [4.78, 5) is 13.9. The van der Waals surface area contributed by atoms with Crippen LogP contribution in [0.25, 0.3) is 6.08 Å². The van der Waals surface area contributed by atoms with Crippen LogP contribution in [-0.4, -0.2) is 23.9 Å². The van der Waals surface area contributed by atoms with Gasteiger partial charge in [0, 0.05) is 13.1 Å². The number of likely N-dealkylation sites (tertiary alicyclic amines) is 1. The third kappa shape index (κ3) is 2.98. The van der Waals surface area contributed by atoms with Gasteiger partial charge in [-0.1, -0.05) is 30.3 Å². The first-order valence-corrected chi connectivity index (χ1v) is 6.27. The number of carbonyl (C=O) groups excluding carboxylic acids is 1. The average Bonchev–Trinajstić information content (AvgIpc) is 2.46. The second-order valence-electron chi connectivity index (χ2n) is 4.43. The zero-order chi connectivity index (χ0) is 12.8. The second kappa shape index (κ2) is 6.02. The van der Waals surface area contributed by atoms with E-state index >= 15 is 0 Å². The number of piperidine rings is 1. The molecule has 0 aromatic heterocycles. The van der Waals surface area contributed by atoms with Crippen LogP contribution in [-0.2, 0) is 4.79 Å². The zero-order valence-corrected chi connectivity index (χ0v) is 10.3. The van der Waals surface area contributed by atoms with Crippen LogP contribution in [0.1, 0.15) is 24.8 Å². The maximum Gasteiger partial charge on any atom is 0.264 e. The van der Waals surface area contributed by atoms with Crippen molar-refractivity contribution in [2.45, 2.75) is 19.3 Å². The van der Waals surface area contributed by atoms with Crippen LogP contribution in [0, 0.1) is 11.3 Å². The normalized spacial score (nSPS) is 16.2. The number of hydrogen-bond acceptors (Lipinski definition) is 2. The maximum absolute atomic E-state index is 12.2. The van der Waals surface area contributed by atoms with Gasteiger partial charge in [-0.3, -0.25) is 4.79 Å². The van der Waals surface area contributed by atoms with Crippen molar-refractivity contribution in [2.75, 3.05) is 13.1 Å². The highest BCUT2D eigenvalue weighted by atomic mass is 16.2. The molecule has 1 aromatic rings. The molecule has 1 aliphatic rings. The van der Waals surface area contributed by atoms with Gasteiger partial charge < -0.3 is 4.90 Å². The van der Waals surface area contributed by atoms with E-state index < -0.39 is 0 Å². The van der Waals surface area contributed by atoms with E-state index in [-0.39, 0.29) is 11.5 Å². The monoisotopic (exact) mass is 240 g/mol. The third-order valence-corrected chi connectivity index (χ3v) is 3.10. The molecule has 3 nitrogen and oxygen atoms in total. The summed E-state index contributed by atoms with van der Waals surface area (Å²) >= 11 is 0. The fourth-order valence-corrected chi connectivity index (χ4v) is 2.13. The first-order valence-electron chi connectivity index (χ1n) is 6.27. The Labute approximate surface area is 107 Å². The minimum absolute atomic E-state index is 0.138. The zero-order valence-electron chi connectivity index (χ0n) is 10.3. The fourth-order valence-electron chi connectivity index (χ4n) is 2.13. The van der Waals surface area contributed by atoms with Gasteiger partial charge in [0.2, 0.25) is 0 Å².